The molecule has 1 fully saturated rings. The minimum atomic E-state index is -0.846. The topological polar surface area (TPSA) is 84.5 Å². The number of imide groups is 1. The second kappa shape index (κ2) is 3.88. The van der Waals surface area contributed by atoms with Crippen molar-refractivity contribution < 1.29 is 19.1 Å². The molecule has 72 valence electrons. The highest BCUT2D eigenvalue weighted by molar-refractivity contribution is 6.01. The molecule has 0 aliphatic carbocycles. The Labute approximate surface area is 74.6 Å². The fraction of sp³-hybridized carbons (Fsp3) is 0.571. The van der Waals surface area contributed by atoms with Crippen molar-refractivity contribution in [2.45, 2.75) is 19.4 Å². The van der Waals surface area contributed by atoms with Gasteiger partial charge >= 0.3 is 12.0 Å². The molecule has 0 aromatic carbocycles. The van der Waals surface area contributed by atoms with Crippen molar-refractivity contribution >= 4 is 17.9 Å². The maximum absolute atomic E-state index is 11.1. The van der Waals surface area contributed by atoms with Gasteiger partial charge in [0.1, 0.15) is 6.04 Å². The van der Waals surface area contributed by atoms with Gasteiger partial charge in [0.15, 0.2) is 0 Å². The summed E-state index contributed by atoms with van der Waals surface area (Å²) in [6.07, 6.45) is -0.0649. The van der Waals surface area contributed by atoms with Crippen LogP contribution in [0.2, 0.25) is 0 Å². The predicted octanol–water partition coefficient (Wildman–Crippen LogP) is -0.852. The summed E-state index contributed by atoms with van der Waals surface area (Å²) in [5.41, 5.74) is 0. The third-order valence-corrected chi connectivity index (χ3v) is 1.52. The second-order valence-electron chi connectivity index (χ2n) is 2.53. The van der Waals surface area contributed by atoms with Gasteiger partial charge in [0.2, 0.25) is 5.91 Å². The van der Waals surface area contributed by atoms with E-state index in [9.17, 15) is 14.4 Å². The lowest BCUT2D eigenvalue weighted by atomic mass is 10.2. The van der Waals surface area contributed by atoms with E-state index in [2.05, 4.69) is 10.1 Å². The summed E-state index contributed by atoms with van der Waals surface area (Å²) in [6.45, 7) is 1.88. The van der Waals surface area contributed by atoms with Crippen LogP contribution in [0.3, 0.4) is 0 Å². The van der Waals surface area contributed by atoms with Gasteiger partial charge in [-0.3, -0.25) is 10.1 Å². The van der Waals surface area contributed by atoms with Crippen LogP contribution >= 0.6 is 0 Å². The van der Waals surface area contributed by atoms with Crippen LogP contribution in [-0.2, 0) is 14.3 Å². The third-order valence-electron chi connectivity index (χ3n) is 1.52. The maximum Gasteiger partial charge on any atom is 0.329 e. The molecule has 6 nitrogen and oxygen atoms in total. The Morgan fingerprint density at radius 1 is 1.62 bits per heavy atom. The molecule has 0 aromatic rings. The van der Waals surface area contributed by atoms with E-state index >= 15 is 0 Å². The molecule has 1 atom stereocenters. The van der Waals surface area contributed by atoms with Crippen molar-refractivity contribution in [1.29, 1.82) is 0 Å². The Hall–Kier alpha value is -1.59. The van der Waals surface area contributed by atoms with E-state index in [1.54, 1.807) is 6.92 Å². The van der Waals surface area contributed by atoms with Crippen LogP contribution < -0.4 is 10.6 Å². The van der Waals surface area contributed by atoms with Gasteiger partial charge in [-0.2, -0.15) is 0 Å². The smallest absolute Gasteiger partial charge is 0.329 e. The summed E-state index contributed by atoms with van der Waals surface area (Å²) in [4.78, 5) is 32.6. The van der Waals surface area contributed by atoms with Gasteiger partial charge in [0.05, 0.1) is 13.0 Å². The van der Waals surface area contributed by atoms with Crippen LogP contribution in [0.25, 0.3) is 0 Å². The maximum atomic E-state index is 11.1. The van der Waals surface area contributed by atoms with E-state index in [0.29, 0.717) is 0 Å². The summed E-state index contributed by atoms with van der Waals surface area (Å²) in [6, 6.07) is -1.50. The molecule has 1 heterocycles. The van der Waals surface area contributed by atoms with E-state index in [0.717, 1.165) is 0 Å². The second-order valence-corrected chi connectivity index (χ2v) is 2.53. The van der Waals surface area contributed by atoms with Gasteiger partial charge in [-0.05, 0) is 6.92 Å². The van der Waals surface area contributed by atoms with Gasteiger partial charge in [-0.25, -0.2) is 9.59 Å². The van der Waals surface area contributed by atoms with Crippen LogP contribution in [0.1, 0.15) is 13.3 Å². The number of amides is 3. The van der Waals surface area contributed by atoms with Gasteiger partial charge in [0.25, 0.3) is 0 Å². The SMILES string of the molecule is CCOC(=O)C1CC(=O)NC(=O)N1. The van der Waals surface area contributed by atoms with E-state index in [4.69, 9.17) is 0 Å². The summed E-state index contributed by atoms with van der Waals surface area (Å²) in [5, 5.41) is 4.30. The molecule has 1 aliphatic heterocycles. The Bertz CT molecular complexity index is 235. The molecule has 3 amide bonds. The first-order valence-electron chi connectivity index (χ1n) is 3.90. The van der Waals surface area contributed by atoms with Crippen LogP contribution in [0.4, 0.5) is 4.79 Å². The molecular weight excluding hydrogens is 176 g/mol. The molecule has 0 spiro atoms. The van der Waals surface area contributed by atoms with Gasteiger partial charge in [-0.1, -0.05) is 0 Å². The highest BCUT2D eigenvalue weighted by atomic mass is 16.5. The lowest BCUT2D eigenvalue weighted by Gasteiger charge is -2.20. The van der Waals surface area contributed by atoms with Crippen molar-refractivity contribution in [2.24, 2.45) is 0 Å². The lowest BCUT2D eigenvalue weighted by Crippen LogP contribution is -2.55. The lowest BCUT2D eigenvalue weighted by molar-refractivity contribution is -0.147. The average molecular weight is 186 g/mol. The monoisotopic (exact) mass is 186 g/mol. The number of hydrogen-bond donors (Lipinski definition) is 2. The van der Waals surface area contributed by atoms with E-state index in [1.807, 2.05) is 5.32 Å². The Morgan fingerprint density at radius 2 is 2.31 bits per heavy atom. The third kappa shape index (κ3) is 2.43. The van der Waals surface area contributed by atoms with Crippen molar-refractivity contribution in [2.75, 3.05) is 6.61 Å². The number of urea groups is 1. The van der Waals surface area contributed by atoms with E-state index in [1.165, 1.54) is 0 Å². The predicted molar refractivity (Wildman–Crippen MR) is 41.7 cm³/mol. The largest absolute Gasteiger partial charge is 0.464 e. The highest BCUT2D eigenvalue weighted by Gasteiger charge is 2.30. The van der Waals surface area contributed by atoms with Crippen molar-refractivity contribution in [3.63, 3.8) is 0 Å². The van der Waals surface area contributed by atoms with Gasteiger partial charge in [0, 0.05) is 0 Å². The molecule has 1 unspecified atom stereocenters. The molecule has 6 heteroatoms. The van der Waals surface area contributed by atoms with E-state index in [-0.39, 0.29) is 13.0 Å². The fourth-order valence-corrected chi connectivity index (χ4v) is 0.994. The highest BCUT2D eigenvalue weighted by Crippen LogP contribution is 2.00. The number of carbonyl (C=O) groups is 3. The summed E-state index contributed by atoms with van der Waals surface area (Å²) < 4.78 is 4.64. The Morgan fingerprint density at radius 3 is 2.85 bits per heavy atom. The van der Waals surface area contributed by atoms with Gasteiger partial charge < -0.3 is 10.1 Å². The number of esters is 1. The molecule has 1 saturated heterocycles. The molecular formula is C7H10N2O4. The minimum absolute atomic E-state index is 0.0649. The Kier molecular flexibility index (Phi) is 2.84. The molecule has 0 saturated carbocycles. The number of carbonyl (C=O) groups excluding carboxylic acids is 3. The first kappa shape index (κ1) is 9.50. The molecule has 1 aliphatic rings. The standard InChI is InChI=1S/C7H10N2O4/c1-2-13-6(11)4-3-5(10)9-7(12)8-4/h4H,2-3H2,1H3,(H2,8,9,10,12). The van der Waals surface area contributed by atoms with Crippen LogP contribution in [0.15, 0.2) is 0 Å². The zero-order chi connectivity index (χ0) is 9.84. The minimum Gasteiger partial charge on any atom is -0.464 e. The number of rotatable bonds is 2. The first-order chi connectivity index (χ1) is 6.13. The quantitative estimate of drug-likeness (QED) is 0.550. The molecule has 2 N–H and O–H groups in total. The number of ether oxygens (including phenoxy) is 1. The molecule has 0 radical (unpaired) electrons. The summed E-state index contributed by atoms with van der Waals surface area (Å²) in [5.74, 6) is -1.05. The molecule has 0 aromatic heterocycles. The molecule has 1 rings (SSSR count). The van der Waals surface area contributed by atoms with Crippen LogP contribution in [0, 0.1) is 0 Å². The number of hydrogen-bond acceptors (Lipinski definition) is 4. The van der Waals surface area contributed by atoms with Crippen LogP contribution in [-0.4, -0.2) is 30.6 Å². The van der Waals surface area contributed by atoms with Crippen molar-refractivity contribution in [3.8, 4) is 0 Å². The average Bonchev–Trinajstić information content (AvgIpc) is 2.03. The first-order valence-corrected chi connectivity index (χ1v) is 3.90. The van der Waals surface area contributed by atoms with Crippen molar-refractivity contribution in [1.82, 2.24) is 10.6 Å². The molecule has 0 bridgehead atoms. The molecule has 13 heavy (non-hydrogen) atoms. The fourth-order valence-electron chi connectivity index (χ4n) is 0.994. The summed E-state index contributed by atoms with van der Waals surface area (Å²) in [7, 11) is 0. The van der Waals surface area contributed by atoms with Gasteiger partial charge in [-0.15, -0.1) is 0 Å². The van der Waals surface area contributed by atoms with Crippen molar-refractivity contribution in [3.05, 3.63) is 0 Å². The van der Waals surface area contributed by atoms with E-state index < -0.39 is 23.9 Å². The van der Waals surface area contributed by atoms with Crippen LogP contribution in [0.5, 0.6) is 0 Å². The zero-order valence-corrected chi connectivity index (χ0v) is 7.12. The zero-order valence-electron chi connectivity index (χ0n) is 7.12. The normalized spacial score (nSPS) is 21.8. The summed E-state index contributed by atoms with van der Waals surface area (Å²) >= 11 is 0. The Balaban J connectivity index is 2.54. The number of nitrogens with one attached hydrogen (secondary N) is 2.